The number of H-pyrrole nitrogens is 1. The predicted octanol–water partition coefficient (Wildman–Crippen LogP) is 1.97. The summed E-state index contributed by atoms with van der Waals surface area (Å²) in [5.74, 6) is -0.362. The molecule has 1 fully saturated rings. The Kier molecular flexibility index (Phi) is 4.13. The summed E-state index contributed by atoms with van der Waals surface area (Å²) in [4.78, 5) is 28.7. The molecular formula is C17H21N3O2. The number of hydrogen-bond donors (Lipinski definition) is 2. The molecule has 116 valence electrons. The summed E-state index contributed by atoms with van der Waals surface area (Å²) in [6.07, 6.45) is 5.61. The molecule has 0 aliphatic carbocycles. The first-order chi connectivity index (χ1) is 10.6. The van der Waals surface area contributed by atoms with Gasteiger partial charge >= 0.3 is 0 Å². The molecular weight excluding hydrogens is 278 g/mol. The van der Waals surface area contributed by atoms with Crippen molar-refractivity contribution in [1.82, 2.24) is 9.88 Å². The number of nitrogens with zero attached hydrogens (tertiary/aromatic N) is 1. The third kappa shape index (κ3) is 2.98. The van der Waals surface area contributed by atoms with Crippen LogP contribution in [0.25, 0.3) is 10.9 Å². The minimum Gasteiger partial charge on any atom is -0.368 e. The Morgan fingerprint density at radius 1 is 1.27 bits per heavy atom. The molecule has 5 heteroatoms. The molecule has 0 saturated carbocycles. The minimum atomic E-state index is -0.423. The lowest BCUT2D eigenvalue weighted by molar-refractivity contribution is -0.141. The van der Waals surface area contributed by atoms with Crippen molar-refractivity contribution < 1.29 is 9.59 Å². The van der Waals surface area contributed by atoms with Gasteiger partial charge in [-0.2, -0.15) is 0 Å². The number of benzene rings is 1. The number of carbonyl (C=O) groups excluding carboxylic acids is 2. The maximum Gasteiger partial charge on any atom is 0.240 e. The first kappa shape index (κ1) is 14.6. The van der Waals surface area contributed by atoms with E-state index in [9.17, 15) is 9.59 Å². The molecule has 3 rings (SSSR count). The summed E-state index contributed by atoms with van der Waals surface area (Å²) in [5.41, 5.74) is 7.65. The fourth-order valence-corrected chi connectivity index (χ4v) is 3.18. The lowest BCUT2D eigenvalue weighted by atomic mass is 10.00. The van der Waals surface area contributed by atoms with Gasteiger partial charge in [-0.25, -0.2) is 0 Å². The van der Waals surface area contributed by atoms with E-state index in [1.807, 2.05) is 24.4 Å². The van der Waals surface area contributed by atoms with Gasteiger partial charge in [-0.3, -0.25) is 9.59 Å². The van der Waals surface area contributed by atoms with Gasteiger partial charge < -0.3 is 15.6 Å². The molecule has 2 heterocycles. The highest BCUT2D eigenvalue weighted by molar-refractivity contribution is 5.87. The normalized spacial score (nSPS) is 18.5. The Morgan fingerprint density at radius 2 is 2.14 bits per heavy atom. The van der Waals surface area contributed by atoms with Crippen LogP contribution >= 0.6 is 0 Å². The Labute approximate surface area is 129 Å². The van der Waals surface area contributed by atoms with E-state index in [1.165, 1.54) is 0 Å². The van der Waals surface area contributed by atoms with Crippen molar-refractivity contribution in [2.45, 2.75) is 38.1 Å². The van der Waals surface area contributed by atoms with Gasteiger partial charge in [-0.1, -0.05) is 6.07 Å². The van der Waals surface area contributed by atoms with Crippen LogP contribution in [0.3, 0.4) is 0 Å². The SMILES string of the molecule is NC(=O)C1CCCCN1C(=O)CCc1ccc2[nH]ccc2c1. The Bertz CT molecular complexity index is 692. The molecule has 1 aromatic heterocycles. The Hall–Kier alpha value is -2.30. The van der Waals surface area contributed by atoms with Gasteiger partial charge in [0.15, 0.2) is 0 Å². The van der Waals surface area contributed by atoms with Crippen molar-refractivity contribution in [2.24, 2.45) is 5.73 Å². The average Bonchev–Trinajstić information content (AvgIpc) is 3.00. The number of fused-ring (bicyclic) bond motifs is 1. The molecule has 1 aromatic carbocycles. The number of aromatic amines is 1. The van der Waals surface area contributed by atoms with Gasteiger partial charge in [-0.05, 0) is 54.8 Å². The van der Waals surface area contributed by atoms with Crippen molar-refractivity contribution in [3.8, 4) is 0 Å². The summed E-state index contributed by atoms with van der Waals surface area (Å²) >= 11 is 0. The highest BCUT2D eigenvalue weighted by atomic mass is 16.2. The summed E-state index contributed by atoms with van der Waals surface area (Å²) in [6, 6.07) is 7.76. The fraction of sp³-hybridized carbons (Fsp3) is 0.412. The standard InChI is InChI=1S/C17H21N3O2/c18-17(22)15-3-1-2-10-20(15)16(21)7-5-12-4-6-14-13(11-12)8-9-19-14/h4,6,8-9,11,15,19H,1-3,5,7,10H2,(H2,18,22). The Balaban J connectivity index is 1.64. The molecule has 0 radical (unpaired) electrons. The van der Waals surface area contributed by atoms with E-state index in [4.69, 9.17) is 5.73 Å². The van der Waals surface area contributed by atoms with Crippen LogP contribution in [0.15, 0.2) is 30.5 Å². The average molecular weight is 299 g/mol. The van der Waals surface area contributed by atoms with Gasteiger partial charge in [0.25, 0.3) is 0 Å². The Morgan fingerprint density at radius 3 is 2.95 bits per heavy atom. The molecule has 1 atom stereocenters. The van der Waals surface area contributed by atoms with Crippen LogP contribution < -0.4 is 5.73 Å². The zero-order valence-corrected chi connectivity index (χ0v) is 12.5. The smallest absolute Gasteiger partial charge is 0.240 e. The molecule has 0 bridgehead atoms. The molecule has 1 unspecified atom stereocenters. The lowest BCUT2D eigenvalue weighted by Crippen LogP contribution is -2.50. The van der Waals surface area contributed by atoms with Crippen LogP contribution in [0, 0.1) is 0 Å². The molecule has 0 spiro atoms. The molecule has 1 saturated heterocycles. The molecule has 1 aliphatic heterocycles. The predicted molar refractivity (Wildman–Crippen MR) is 85.2 cm³/mol. The number of aryl methyl sites for hydroxylation is 1. The lowest BCUT2D eigenvalue weighted by Gasteiger charge is -2.33. The number of rotatable bonds is 4. The largest absolute Gasteiger partial charge is 0.368 e. The summed E-state index contributed by atoms with van der Waals surface area (Å²) in [6.45, 7) is 0.642. The number of likely N-dealkylation sites (tertiary alicyclic amines) is 1. The molecule has 5 nitrogen and oxygen atoms in total. The minimum absolute atomic E-state index is 0.0256. The maximum absolute atomic E-state index is 12.4. The zero-order valence-electron chi connectivity index (χ0n) is 12.5. The fourth-order valence-electron chi connectivity index (χ4n) is 3.18. The topological polar surface area (TPSA) is 79.2 Å². The second-order valence-corrected chi connectivity index (χ2v) is 5.90. The van der Waals surface area contributed by atoms with Crippen molar-refractivity contribution in [1.29, 1.82) is 0 Å². The summed E-state index contributed by atoms with van der Waals surface area (Å²) in [7, 11) is 0. The van der Waals surface area contributed by atoms with Gasteiger partial charge in [0.1, 0.15) is 6.04 Å². The third-order valence-corrected chi connectivity index (χ3v) is 4.40. The number of primary amides is 1. The number of nitrogens with two attached hydrogens (primary N) is 1. The van der Waals surface area contributed by atoms with Crippen LogP contribution in [-0.4, -0.2) is 34.3 Å². The van der Waals surface area contributed by atoms with Crippen LogP contribution in [0.2, 0.25) is 0 Å². The number of piperidine rings is 1. The van der Waals surface area contributed by atoms with Gasteiger partial charge in [0.2, 0.25) is 11.8 Å². The zero-order chi connectivity index (χ0) is 15.5. The van der Waals surface area contributed by atoms with E-state index in [-0.39, 0.29) is 11.8 Å². The van der Waals surface area contributed by atoms with E-state index in [2.05, 4.69) is 11.1 Å². The maximum atomic E-state index is 12.4. The number of amides is 2. The molecule has 2 aromatic rings. The van der Waals surface area contributed by atoms with Crippen LogP contribution in [0.4, 0.5) is 0 Å². The van der Waals surface area contributed by atoms with E-state index in [0.29, 0.717) is 25.8 Å². The first-order valence-electron chi connectivity index (χ1n) is 7.80. The van der Waals surface area contributed by atoms with Crippen LogP contribution in [0.5, 0.6) is 0 Å². The highest BCUT2D eigenvalue weighted by Gasteiger charge is 2.30. The second kappa shape index (κ2) is 6.22. The monoisotopic (exact) mass is 299 g/mol. The molecule has 2 amide bonds. The van der Waals surface area contributed by atoms with Crippen LogP contribution in [-0.2, 0) is 16.0 Å². The quantitative estimate of drug-likeness (QED) is 0.905. The number of hydrogen-bond acceptors (Lipinski definition) is 2. The van der Waals surface area contributed by atoms with Gasteiger partial charge in [-0.15, -0.1) is 0 Å². The third-order valence-electron chi connectivity index (χ3n) is 4.40. The number of carbonyl (C=O) groups is 2. The molecule has 3 N–H and O–H groups in total. The van der Waals surface area contributed by atoms with Crippen molar-refractivity contribution in [3.63, 3.8) is 0 Å². The molecule has 1 aliphatic rings. The van der Waals surface area contributed by atoms with Crippen LogP contribution in [0.1, 0.15) is 31.2 Å². The van der Waals surface area contributed by atoms with Gasteiger partial charge in [0.05, 0.1) is 0 Å². The van der Waals surface area contributed by atoms with E-state index >= 15 is 0 Å². The summed E-state index contributed by atoms with van der Waals surface area (Å²) < 4.78 is 0. The van der Waals surface area contributed by atoms with Crippen molar-refractivity contribution in [3.05, 3.63) is 36.0 Å². The van der Waals surface area contributed by atoms with E-state index < -0.39 is 6.04 Å². The van der Waals surface area contributed by atoms with E-state index in [0.717, 1.165) is 29.3 Å². The van der Waals surface area contributed by atoms with Crippen molar-refractivity contribution in [2.75, 3.05) is 6.54 Å². The summed E-state index contributed by atoms with van der Waals surface area (Å²) in [5, 5.41) is 1.15. The first-order valence-corrected chi connectivity index (χ1v) is 7.80. The van der Waals surface area contributed by atoms with E-state index in [1.54, 1.807) is 4.90 Å². The second-order valence-electron chi connectivity index (χ2n) is 5.90. The molecule has 22 heavy (non-hydrogen) atoms. The number of nitrogens with one attached hydrogen (secondary N) is 1. The van der Waals surface area contributed by atoms with Gasteiger partial charge in [0, 0.05) is 24.7 Å². The number of aromatic nitrogens is 1. The van der Waals surface area contributed by atoms with Crippen molar-refractivity contribution >= 4 is 22.7 Å². The highest BCUT2D eigenvalue weighted by Crippen LogP contribution is 2.19.